The number of hydrogen-bond acceptors (Lipinski definition) is 5. The third-order valence-electron chi connectivity index (χ3n) is 10.8. The lowest BCUT2D eigenvalue weighted by molar-refractivity contribution is 0.670. The molecule has 0 N–H and O–H groups in total. The van der Waals surface area contributed by atoms with Crippen LogP contribution in [0.3, 0.4) is 0 Å². The third kappa shape index (κ3) is 5.90. The largest absolute Gasteiger partial charge is 0.455 e. The summed E-state index contributed by atoms with van der Waals surface area (Å²) in [6, 6.07) is 65.2. The highest BCUT2D eigenvalue weighted by atomic mass is 16.3. The Bertz CT molecular complexity index is 3300. The lowest BCUT2D eigenvalue weighted by Gasteiger charge is -2.13. The molecule has 0 aliphatic rings. The summed E-state index contributed by atoms with van der Waals surface area (Å²) in [6.45, 7) is 0. The molecule has 0 aliphatic heterocycles. The van der Waals surface area contributed by atoms with E-state index in [9.17, 15) is 0 Å². The first-order valence-corrected chi connectivity index (χ1v) is 19.0. The molecule has 57 heavy (non-hydrogen) atoms. The topological polar surface area (TPSA) is 64.7 Å². The molecule has 0 radical (unpaired) electrons. The summed E-state index contributed by atoms with van der Waals surface area (Å²) in [5.74, 6) is 1.87. The van der Waals surface area contributed by atoms with E-state index in [1.807, 2.05) is 54.7 Å². The van der Waals surface area contributed by atoms with Crippen molar-refractivity contribution in [2.45, 2.75) is 0 Å². The quantitative estimate of drug-likeness (QED) is 0.171. The van der Waals surface area contributed by atoms with Crippen molar-refractivity contribution >= 4 is 43.6 Å². The molecule has 0 saturated heterocycles. The van der Waals surface area contributed by atoms with Crippen LogP contribution < -0.4 is 0 Å². The van der Waals surface area contributed by atoms with E-state index in [1.54, 1.807) is 0 Å². The summed E-state index contributed by atoms with van der Waals surface area (Å²) >= 11 is 0. The molecular formula is C52H32N4O. The van der Waals surface area contributed by atoms with Crippen LogP contribution in [0.5, 0.6) is 0 Å². The average molecular weight is 729 g/mol. The van der Waals surface area contributed by atoms with E-state index in [0.717, 1.165) is 88.3 Å². The van der Waals surface area contributed by atoms with Crippen molar-refractivity contribution in [2.24, 2.45) is 0 Å². The van der Waals surface area contributed by atoms with Crippen LogP contribution in [-0.2, 0) is 0 Å². The molecule has 8 aromatic carbocycles. The Hall–Kier alpha value is -7.76. The van der Waals surface area contributed by atoms with Gasteiger partial charge in [0.25, 0.3) is 0 Å². The molecule has 0 atom stereocenters. The fourth-order valence-corrected chi connectivity index (χ4v) is 7.91. The maximum Gasteiger partial charge on any atom is 0.164 e. The van der Waals surface area contributed by atoms with Gasteiger partial charge in [-0.3, -0.25) is 4.98 Å². The molecular weight excluding hydrogens is 697 g/mol. The molecule has 11 aromatic rings. The standard InChI is InChI=1S/C52H32N4O/c1-2-12-36(13-3-1)50-54-51(56-52(55-50)40-27-24-33-11-4-5-14-37(33)29-40)39-16-8-15-38(30-39)46-31-41(32-47-43(46)20-10-28-53-47)34-22-25-35(26-23-34)42-18-9-19-45-44-17-6-7-21-48(44)57-49(42)45/h1-32H. The fourth-order valence-electron chi connectivity index (χ4n) is 7.91. The van der Waals surface area contributed by atoms with Crippen LogP contribution >= 0.6 is 0 Å². The van der Waals surface area contributed by atoms with Gasteiger partial charge in [0.2, 0.25) is 0 Å². The zero-order valence-electron chi connectivity index (χ0n) is 30.7. The van der Waals surface area contributed by atoms with Crippen LogP contribution in [0.15, 0.2) is 199 Å². The summed E-state index contributed by atoms with van der Waals surface area (Å²) in [4.78, 5) is 19.9. The van der Waals surface area contributed by atoms with Gasteiger partial charge in [-0.1, -0.05) is 152 Å². The summed E-state index contributed by atoms with van der Waals surface area (Å²) < 4.78 is 6.36. The SMILES string of the molecule is c1ccc(-c2nc(-c3cccc(-c4cc(-c5ccc(-c6cccc7c6oc6ccccc67)cc5)cc5ncccc45)c3)nc(-c3ccc4ccccc4c3)n2)cc1. The molecule has 0 spiro atoms. The predicted octanol–water partition coefficient (Wildman–Crippen LogP) is 13.5. The Labute approximate surface area is 328 Å². The summed E-state index contributed by atoms with van der Waals surface area (Å²) in [7, 11) is 0. The van der Waals surface area contributed by atoms with Crippen molar-refractivity contribution in [1.29, 1.82) is 0 Å². The van der Waals surface area contributed by atoms with E-state index >= 15 is 0 Å². The number of para-hydroxylation sites is 2. The number of benzene rings is 8. The number of hydrogen-bond donors (Lipinski definition) is 0. The summed E-state index contributed by atoms with van der Waals surface area (Å²) in [5.41, 5.74) is 12.0. The van der Waals surface area contributed by atoms with E-state index in [2.05, 4.69) is 140 Å². The average Bonchev–Trinajstić information content (AvgIpc) is 3.68. The molecule has 0 bridgehead atoms. The normalized spacial score (nSPS) is 11.5. The highest BCUT2D eigenvalue weighted by Gasteiger charge is 2.16. The maximum absolute atomic E-state index is 6.36. The van der Waals surface area contributed by atoms with Gasteiger partial charge < -0.3 is 4.42 Å². The lowest BCUT2D eigenvalue weighted by atomic mass is 9.93. The maximum atomic E-state index is 6.36. The van der Waals surface area contributed by atoms with Crippen molar-refractivity contribution in [1.82, 2.24) is 19.9 Å². The number of furan rings is 1. The van der Waals surface area contributed by atoms with Crippen LogP contribution in [0.1, 0.15) is 0 Å². The van der Waals surface area contributed by atoms with E-state index in [-0.39, 0.29) is 0 Å². The first-order valence-electron chi connectivity index (χ1n) is 19.0. The van der Waals surface area contributed by atoms with Crippen LogP contribution in [0.25, 0.3) is 111 Å². The fraction of sp³-hybridized carbons (Fsp3) is 0. The molecule has 0 fully saturated rings. The second-order valence-corrected chi connectivity index (χ2v) is 14.3. The van der Waals surface area contributed by atoms with E-state index in [1.165, 1.54) is 5.39 Å². The molecule has 5 nitrogen and oxygen atoms in total. The number of rotatable bonds is 6. The van der Waals surface area contributed by atoms with Crippen molar-refractivity contribution < 1.29 is 4.42 Å². The zero-order chi connectivity index (χ0) is 37.7. The first-order chi connectivity index (χ1) is 28.2. The van der Waals surface area contributed by atoms with Gasteiger partial charge in [0.15, 0.2) is 17.5 Å². The zero-order valence-corrected chi connectivity index (χ0v) is 30.7. The lowest BCUT2D eigenvalue weighted by Crippen LogP contribution is -2.00. The molecule has 266 valence electrons. The molecule has 0 amide bonds. The molecule has 5 heteroatoms. The molecule has 11 rings (SSSR count). The number of nitrogens with zero attached hydrogens (tertiary/aromatic N) is 4. The monoisotopic (exact) mass is 728 g/mol. The van der Waals surface area contributed by atoms with Gasteiger partial charge in [-0.25, -0.2) is 15.0 Å². The minimum absolute atomic E-state index is 0.613. The molecule has 0 unspecified atom stereocenters. The number of fused-ring (bicyclic) bond motifs is 5. The smallest absolute Gasteiger partial charge is 0.164 e. The van der Waals surface area contributed by atoms with E-state index < -0.39 is 0 Å². The summed E-state index contributed by atoms with van der Waals surface area (Å²) in [5, 5.41) is 5.64. The van der Waals surface area contributed by atoms with Gasteiger partial charge in [0, 0.05) is 44.6 Å². The van der Waals surface area contributed by atoms with Crippen molar-refractivity contribution in [3.8, 4) is 67.5 Å². The van der Waals surface area contributed by atoms with E-state index in [4.69, 9.17) is 24.4 Å². The second-order valence-electron chi connectivity index (χ2n) is 14.3. The van der Waals surface area contributed by atoms with Crippen molar-refractivity contribution in [2.75, 3.05) is 0 Å². The summed E-state index contributed by atoms with van der Waals surface area (Å²) in [6.07, 6.45) is 1.85. The number of pyridine rings is 1. The minimum atomic E-state index is 0.613. The highest BCUT2D eigenvalue weighted by Crippen LogP contribution is 2.39. The van der Waals surface area contributed by atoms with Crippen molar-refractivity contribution in [3.05, 3.63) is 194 Å². The van der Waals surface area contributed by atoms with Crippen LogP contribution in [0.4, 0.5) is 0 Å². The highest BCUT2D eigenvalue weighted by molar-refractivity contribution is 6.09. The minimum Gasteiger partial charge on any atom is -0.455 e. The van der Waals surface area contributed by atoms with Crippen molar-refractivity contribution in [3.63, 3.8) is 0 Å². The molecule has 3 aromatic heterocycles. The van der Waals surface area contributed by atoms with Crippen LogP contribution in [0, 0.1) is 0 Å². The molecule has 0 saturated carbocycles. The van der Waals surface area contributed by atoms with Gasteiger partial charge in [-0.05, 0) is 75.0 Å². The van der Waals surface area contributed by atoms with Gasteiger partial charge in [0.05, 0.1) is 5.52 Å². The van der Waals surface area contributed by atoms with Gasteiger partial charge in [0.1, 0.15) is 11.2 Å². The molecule has 0 aliphatic carbocycles. The molecule has 3 heterocycles. The van der Waals surface area contributed by atoms with Gasteiger partial charge in [-0.15, -0.1) is 0 Å². The van der Waals surface area contributed by atoms with Gasteiger partial charge >= 0.3 is 0 Å². The van der Waals surface area contributed by atoms with Crippen LogP contribution in [-0.4, -0.2) is 19.9 Å². The Morgan fingerprint density at radius 2 is 0.965 bits per heavy atom. The Morgan fingerprint density at radius 1 is 0.333 bits per heavy atom. The first kappa shape index (κ1) is 32.7. The van der Waals surface area contributed by atoms with Gasteiger partial charge in [-0.2, -0.15) is 0 Å². The number of aromatic nitrogens is 4. The third-order valence-corrected chi connectivity index (χ3v) is 10.8. The Balaban J connectivity index is 1.00. The predicted molar refractivity (Wildman–Crippen MR) is 233 cm³/mol. The van der Waals surface area contributed by atoms with E-state index in [0.29, 0.717) is 17.5 Å². The van der Waals surface area contributed by atoms with Crippen LogP contribution in [0.2, 0.25) is 0 Å². The Kier molecular flexibility index (Phi) is 7.74. The Morgan fingerprint density at radius 3 is 1.82 bits per heavy atom. The second kappa shape index (κ2) is 13.5.